The molecule has 7 heteroatoms. The molecule has 1 fully saturated rings. The smallest absolute Gasteiger partial charge is 0.238 e. The van der Waals surface area contributed by atoms with Crippen molar-refractivity contribution in [3.63, 3.8) is 0 Å². The molecule has 1 amide bonds. The summed E-state index contributed by atoms with van der Waals surface area (Å²) in [5.74, 6) is -0.00199. The van der Waals surface area contributed by atoms with Gasteiger partial charge in [0.25, 0.3) is 0 Å². The third kappa shape index (κ3) is 6.06. The Morgan fingerprint density at radius 3 is 2.21 bits per heavy atom. The van der Waals surface area contributed by atoms with Gasteiger partial charge < -0.3 is 9.33 Å². The monoisotopic (exact) mass is 500 g/mol. The van der Waals surface area contributed by atoms with Crippen LogP contribution < -0.4 is 0 Å². The highest BCUT2D eigenvalue weighted by Crippen LogP contribution is 2.37. The number of carbonyl (C=O) groups excluding carboxylic acids is 1. The van der Waals surface area contributed by atoms with E-state index >= 15 is 0 Å². The fourth-order valence-corrected chi connectivity index (χ4v) is 6.49. The molecule has 0 unspecified atom stereocenters. The Hall–Kier alpha value is -1.80. The van der Waals surface area contributed by atoms with Crippen LogP contribution in [-0.2, 0) is 26.8 Å². The van der Waals surface area contributed by atoms with E-state index in [4.69, 9.17) is 4.43 Å². The minimum absolute atomic E-state index is 0.00199. The summed E-state index contributed by atoms with van der Waals surface area (Å²) in [5, 5.41) is 0.0715. The van der Waals surface area contributed by atoms with Crippen molar-refractivity contribution in [3.8, 4) is 0 Å². The average molecular weight is 501 g/mol. The third-order valence-electron chi connectivity index (χ3n) is 7.30. The number of nitrogens with zero attached hydrogens (tertiary/aromatic N) is 2. The number of benzene rings is 2. The molecule has 0 N–H and O–H groups in total. The number of amides is 1. The van der Waals surface area contributed by atoms with Crippen LogP contribution in [0.25, 0.3) is 0 Å². The second-order valence-electron chi connectivity index (χ2n) is 10.8. The summed E-state index contributed by atoms with van der Waals surface area (Å²) in [5.41, 5.74) is 2.22. The molecule has 1 aliphatic rings. The lowest BCUT2D eigenvalue weighted by atomic mass is 10.0. The van der Waals surface area contributed by atoms with Gasteiger partial charge in [-0.25, -0.2) is 8.51 Å². The Morgan fingerprint density at radius 1 is 1.03 bits per heavy atom. The quantitative estimate of drug-likeness (QED) is 0.448. The molecule has 0 bridgehead atoms. The van der Waals surface area contributed by atoms with E-state index in [-0.39, 0.29) is 29.6 Å². The molecule has 186 valence electrons. The van der Waals surface area contributed by atoms with Crippen LogP contribution in [0.5, 0.6) is 0 Å². The van der Waals surface area contributed by atoms with Crippen molar-refractivity contribution in [3.05, 3.63) is 65.7 Å². The summed E-state index contributed by atoms with van der Waals surface area (Å²) in [6.07, 6.45) is 0.779. The minimum Gasteiger partial charge on any atom is -0.415 e. The number of carbonyl (C=O) groups is 1. The van der Waals surface area contributed by atoms with E-state index in [1.807, 2.05) is 58.6 Å². The Balaban J connectivity index is 1.93. The van der Waals surface area contributed by atoms with Crippen molar-refractivity contribution in [1.29, 1.82) is 0 Å². The maximum atomic E-state index is 13.6. The summed E-state index contributed by atoms with van der Waals surface area (Å²) >= 11 is 0. The molecule has 1 aliphatic heterocycles. The van der Waals surface area contributed by atoms with Crippen LogP contribution >= 0.6 is 0 Å². The van der Waals surface area contributed by atoms with Crippen LogP contribution in [-0.4, -0.2) is 52.9 Å². The Kier molecular flexibility index (Phi) is 8.55. The Bertz CT molecular complexity index is 989. The van der Waals surface area contributed by atoms with E-state index in [1.165, 1.54) is 0 Å². The Morgan fingerprint density at radius 2 is 1.65 bits per heavy atom. The fraction of sp³-hybridized carbons (Fsp3) is 0.519. The summed E-state index contributed by atoms with van der Waals surface area (Å²) in [7, 11) is -3.44. The van der Waals surface area contributed by atoms with Gasteiger partial charge in [0.1, 0.15) is 11.0 Å². The van der Waals surface area contributed by atoms with Gasteiger partial charge >= 0.3 is 0 Å². The normalized spacial score (nSPS) is 21.0. The summed E-state index contributed by atoms with van der Waals surface area (Å²) < 4.78 is 22.2. The van der Waals surface area contributed by atoms with Crippen LogP contribution in [0.1, 0.15) is 45.2 Å². The number of hydrogen-bond donors (Lipinski definition) is 0. The molecule has 2 aromatic rings. The first-order valence-corrected chi connectivity index (χ1v) is 16.2. The molecular formula is C27H40N2O3SSi. The zero-order valence-electron chi connectivity index (χ0n) is 21.7. The molecule has 5 nitrogen and oxygen atoms in total. The summed E-state index contributed by atoms with van der Waals surface area (Å²) in [6.45, 7) is 16.4. The molecule has 0 radical (unpaired) electrons. The standard InChI is InChI=1S/C27H40N2O3SSi/c1-8-24-25(20-32-34(6,7)27(3,4)5)28(18-22-12-10-9-11-13-22)26(30)19-29(24)33(31)23-16-14-21(2)15-17-23/h9-17,24-25H,8,18-20H2,1-7H3/t24-,25-,33+/m1/s1. The van der Waals surface area contributed by atoms with Gasteiger partial charge in [0, 0.05) is 12.6 Å². The van der Waals surface area contributed by atoms with E-state index in [0.717, 1.165) is 22.4 Å². The van der Waals surface area contributed by atoms with Crippen LogP contribution in [0.3, 0.4) is 0 Å². The van der Waals surface area contributed by atoms with Crippen LogP contribution in [0.2, 0.25) is 18.1 Å². The van der Waals surface area contributed by atoms with E-state index < -0.39 is 19.3 Å². The SMILES string of the molecule is CC[C@@H]1[C@@H](CO[Si](C)(C)C(C)(C)C)N(Cc2ccccc2)C(=O)CN1[S@@](=O)c1ccc(C)cc1. The third-order valence-corrected chi connectivity index (χ3v) is 13.3. The lowest BCUT2D eigenvalue weighted by Crippen LogP contribution is -2.64. The van der Waals surface area contributed by atoms with Crippen molar-refractivity contribution in [2.75, 3.05) is 13.2 Å². The van der Waals surface area contributed by atoms with Gasteiger partial charge in [-0.05, 0) is 49.2 Å². The highest BCUT2D eigenvalue weighted by atomic mass is 32.2. The van der Waals surface area contributed by atoms with E-state index in [2.05, 4.69) is 52.9 Å². The molecule has 0 aliphatic carbocycles. The van der Waals surface area contributed by atoms with Crippen molar-refractivity contribution in [2.24, 2.45) is 0 Å². The van der Waals surface area contributed by atoms with Gasteiger partial charge in [0.15, 0.2) is 8.32 Å². The van der Waals surface area contributed by atoms with Gasteiger partial charge in [-0.3, -0.25) is 4.79 Å². The van der Waals surface area contributed by atoms with Crippen LogP contribution in [0.15, 0.2) is 59.5 Å². The fourth-order valence-electron chi connectivity index (χ4n) is 4.07. The highest BCUT2D eigenvalue weighted by molar-refractivity contribution is 7.82. The predicted molar refractivity (Wildman–Crippen MR) is 142 cm³/mol. The lowest BCUT2D eigenvalue weighted by molar-refractivity contribution is -0.142. The first kappa shape index (κ1) is 26.8. The first-order valence-electron chi connectivity index (χ1n) is 12.2. The molecule has 0 saturated carbocycles. The van der Waals surface area contributed by atoms with Gasteiger partial charge in [0.2, 0.25) is 5.91 Å². The minimum atomic E-state index is -2.03. The molecule has 34 heavy (non-hydrogen) atoms. The van der Waals surface area contributed by atoms with Crippen LogP contribution in [0.4, 0.5) is 0 Å². The van der Waals surface area contributed by atoms with Crippen molar-refractivity contribution < 1.29 is 13.4 Å². The summed E-state index contributed by atoms with van der Waals surface area (Å²) in [4.78, 5) is 16.2. The number of aryl methyl sites for hydroxylation is 1. The van der Waals surface area contributed by atoms with Crippen LogP contribution in [0, 0.1) is 6.92 Å². The number of rotatable bonds is 8. The molecule has 1 saturated heterocycles. The van der Waals surface area contributed by atoms with Crippen molar-refractivity contribution in [2.45, 2.75) is 82.7 Å². The first-order chi connectivity index (χ1) is 15.9. The average Bonchev–Trinajstić information content (AvgIpc) is 2.79. The van der Waals surface area contributed by atoms with E-state index in [1.54, 1.807) is 0 Å². The second kappa shape index (κ2) is 10.9. The highest BCUT2D eigenvalue weighted by Gasteiger charge is 2.45. The molecule has 0 aromatic heterocycles. The Labute approximate surface area is 209 Å². The van der Waals surface area contributed by atoms with Gasteiger partial charge in [-0.2, -0.15) is 0 Å². The maximum Gasteiger partial charge on any atom is 0.238 e. The lowest BCUT2D eigenvalue weighted by Gasteiger charge is -2.47. The van der Waals surface area contributed by atoms with Crippen molar-refractivity contribution in [1.82, 2.24) is 9.21 Å². The van der Waals surface area contributed by atoms with E-state index in [9.17, 15) is 9.00 Å². The molecular weight excluding hydrogens is 460 g/mol. The predicted octanol–water partition coefficient (Wildman–Crippen LogP) is 5.53. The molecule has 2 aromatic carbocycles. The zero-order chi connectivity index (χ0) is 25.1. The maximum absolute atomic E-state index is 13.6. The molecule has 1 heterocycles. The van der Waals surface area contributed by atoms with E-state index in [0.29, 0.717) is 13.2 Å². The van der Waals surface area contributed by atoms with Crippen molar-refractivity contribution >= 4 is 25.2 Å². The largest absolute Gasteiger partial charge is 0.415 e. The second-order valence-corrected chi connectivity index (χ2v) is 17.0. The zero-order valence-corrected chi connectivity index (χ0v) is 23.5. The number of hydrogen-bond acceptors (Lipinski definition) is 3. The molecule has 3 atom stereocenters. The molecule has 3 rings (SSSR count). The summed E-state index contributed by atoms with van der Waals surface area (Å²) in [6, 6.07) is 17.6. The number of piperazine rings is 1. The van der Waals surface area contributed by atoms with Gasteiger partial charge in [0.05, 0.1) is 24.1 Å². The van der Waals surface area contributed by atoms with Gasteiger partial charge in [-0.15, -0.1) is 0 Å². The van der Waals surface area contributed by atoms with Gasteiger partial charge in [-0.1, -0.05) is 75.7 Å². The molecule has 0 spiro atoms. The topological polar surface area (TPSA) is 49.9 Å².